The van der Waals surface area contributed by atoms with Crippen molar-refractivity contribution < 1.29 is 18.8 Å². The van der Waals surface area contributed by atoms with Crippen molar-refractivity contribution in [1.82, 2.24) is 15.5 Å². The van der Waals surface area contributed by atoms with Crippen molar-refractivity contribution in [3.8, 4) is 0 Å². The van der Waals surface area contributed by atoms with Crippen LogP contribution >= 0.6 is 0 Å². The van der Waals surface area contributed by atoms with Crippen LogP contribution in [0.3, 0.4) is 0 Å². The Bertz CT molecular complexity index is 784. The lowest BCUT2D eigenvalue weighted by molar-refractivity contribution is -0.121. The van der Waals surface area contributed by atoms with Crippen molar-refractivity contribution in [3.63, 3.8) is 0 Å². The third kappa shape index (κ3) is 5.95. The molecule has 3 N–H and O–H groups in total. The van der Waals surface area contributed by atoms with E-state index < -0.39 is 5.91 Å². The summed E-state index contributed by atoms with van der Waals surface area (Å²) in [6.45, 7) is 1.69. The van der Waals surface area contributed by atoms with Crippen molar-refractivity contribution in [2.75, 3.05) is 31.5 Å². The number of rotatable bonds is 7. The molecule has 1 aromatic carbocycles. The first-order chi connectivity index (χ1) is 13.6. The lowest BCUT2D eigenvalue weighted by Gasteiger charge is -2.31. The highest BCUT2D eigenvalue weighted by atomic mass is 16.3. The Morgan fingerprint density at radius 3 is 2.43 bits per heavy atom. The van der Waals surface area contributed by atoms with Crippen LogP contribution in [0.15, 0.2) is 53.1 Å². The number of carbonyl (C=O) groups excluding carboxylic acids is 3. The standard InChI is InChI=1S/C20H24N4O4/c25-18(13-21-20(27)17-7-4-12-28-17)22-16-8-10-24(11-9-16)14-19(26)23-15-5-2-1-3-6-15/h1-7,12,16H,8-11,13-14H2,(H,21,27)(H,22,25)(H,23,26). The Balaban J connectivity index is 1.33. The Labute approximate surface area is 163 Å². The van der Waals surface area contributed by atoms with E-state index in [1.165, 1.54) is 12.3 Å². The number of hydrogen-bond acceptors (Lipinski definition) is 5. The maximum atomic E-state index is 12.1. The Morgan fingerprint density at radius 1 is 1.00 bits per heavy atom. The normalized spacial score (nSPS) is 15.0. The molecule has 148 valence electrons. The van der Waals surface area contributed by atoms with E-state index in [-0.39, 0.29) is 30.2 Å². The van der Waals surface area contributed by atoms with Gasteiger partial charge in [-0.15, -0.1) is 0 Å². The van der Waals surface area contributed by atoms with Gasteiger partial charge in [-0.2, -0.15) is 0 Å². The lowest BCUT2D eigenvalue weighted by Crippen LogP contribution is -2.48. The van der Waals surface area contributed by atoms with E-state index in [2.05, 4.69) is 20.9 Å². The molecule has 1 aliphatic rings. The Morgan fingerprint density at radius 2 is 1.75 bits per heavy atom. The van der Waals surface area contributed by atoms with Crippen molar-refractivity contribution in [2.24, 2.45) is 0 Å². The molecular weight excluding hydrogens is 360 g/mol. The van der Waals surface area contributed by atoms with Crippen LogP contribution in [0.25, 0.3) is 0 Å². The third-order valence-corrected chi connectivity index (χ3v) is 4.53. The molecule has 2 aromatic rings. The number of benzene rings is 1. The molecule has 0 unspecified atom stereocenters. The molecule has 0 atom stereocenters. The molecule has 3 amide bonds. The molecule has 0 bridgehead atoms. The third-order valence-electron chi connectivity index (χ3n) is 4.53. The minimum atomic E-state index is -0.417. The molecule has 8 nitrogen and oxygen atoms in total. The average Bonchev–Trinajstić information content (AvgIpc) is 3.23. The SMILES string of the molecule is O=C(CN1CCC(NC(=O)CNC(=O)c2ccco2)CC1)Nc1ccccc1. The molecule has 28 heavy (non-hydrogen) atoms. The molecule has 0 spiro atoms. The van der Waals surface area contributed by atoms with Gasteiger partial charge in [0.2, 0.25) is 11.8 Å². The minimum absolute atomic E-state index is 0.0430. The number of piperidine rings is 1. The van der Waals surface area contributed by atoms with Crippen molar-refractivity contribution in [3.05, 3.63) is 54.5 Å². The molecule has 8 heteroatoms. The first-order valence-electron chi connectivity index (χ1n) is 9.28. The van der Waals surface area contributed by atoms with Crippen LogP contribution in [0, 0.1) is 0 Å². The largest absolute Gasteiger partial charge is 0.459 e. The monoisotopic (exact) mass is 384 g/mol. The average molecular weight is 384 g/mol. The zero-order valence-corrected chi connectivity index (χ0v) is 15.5. The van der Waals surface area contributed by atoms with E-state index in [4.69, 9.17) is 4.42 Å². The van der Waals surface area contributed by atoms with Crippen molar-refractivity contribution in [2.45, 2.75) is 18.9 Å². The van der Waals surface area contributed by atoms with Crippen molar-refractivity contribution >= 4 is 23.4 Å². The van der Waals surface area contributed by atoms with Gasteiger partial charge in [-0.1, -0.05) is 18.2 Å². The summed E-state index contributed by atoms with van der Waals surface area (Å²) in [6.07, 6.45) is 2.93. The number of nitrogens with one attached hydrogen (secondary N) is 3. The number of amides is 3. The number of nitrogens with zero attached hydrogens (tertiary/aromatic N) is 1. The van der Waals surface area contributed by atoms with E-state index in [1.54, 1.807) is 6.07 Å². The number of carbonyl (C=O) groups is 3. The van der Waals surface area contributed by atoms with Gasteiger partial charge in [-0.05, 0) is 37.1 Å². The fourth-order valence-electron chi connectivity index (χ4n) is 3.09. The molecule has 2 heterocycles. The molecule has 0 radical (unpaired) electrons. The molecule has 1 aliphatic heterocycles. The number of para-hydroxylation sites is 1. The Kier molecular flexibility index (Phi) is 6.80. The van der Waals surface area contributed by atoms with E-state index in [0.29, 0.717) is 6.54 Å². The fourth-order valence-corrected chi connectivity index (χ4v) is 3.09. The van der Waals surface area contributed by atoms with Gasteiger partial charge in [0.15, 0.2) is 5.76 Å². The zero-order chi connectivity index (χ0) is 19.8. The van der Waals surface area contributed by atoms with Crippen LogP contribution in [0.5, 0.6) is 0 Å². The molecule has 1 fully saturated rings. The van der Waals surface area contributed by atoms with Gasteiger partial charge in [0.1, 0.15) is 0 Å². The van der Waals surface area contributed by atoms with Gasteiger partial charge in [-0.3, -0.25) is 19.3 Å². The van der Waals surface area contributed by atoms with Gasteiger partial charge in [0, 0.05) is 24.8 Å². The summed E-state index contributed by atoms with van der Waals surface area (Å²) in [5, 5.41) is 8.32. The molecule has 1 saturated heterocycles. The van der Waals surface area contributed by atoms with Gasteiger partial charge in [-0.25, -0.2) is 0 Å². The summed E-state index contributed by atoms with van der Waals surface area (Å²) in [6, 6.07) is 12.6. The Hall–Kier alpha value is -3.13. The highest BCUT2D eigenvalue weighted by molar-refractivity contribution is 5.94. The van der Waals surface area contributed by atoms with Crippen LogP contribution in [0.4, 0.5) is 5.69 Å². The summed E-state index contributed by atoms with van der Waals surface area (Å²) >= 11 is 0. The molecule has 0 saturated carbocycles. The highest BCUT2D eigenvalue weighted by Crippen LogP contribution is 2.11. The van der Waals surface area contributed by atoms with Crippen LogP contribution in [-0.2, 0) is 9.59 Å². The van der Waals surface area contributed by atoms with E-state index >= 15 is 0 Å². The number of hydrogen-bond donors (Lipinski definition) is 3. The molecule has 3 rings (SSSR count). The topological polar surface area (TPSA) is 104 Å². The van der Waals surface area contributed by atoms with Gasteiger partial charge in [0.05, 0.1) is 19.4 Å². The van der Waals surface area contributed by atoms with Gasteiger partial charge >= 0.3 is 0 Å². The first kappa shape index (κ1) is 19.6. The summed E-state index contributed by atoms with van der Waals surface area (Å²) in [7, 11) is 0. The molecule has 0 aliphatic carbocycles. The fraction of sp³-hybridized carbons (Fsp3) is 0.350. The van der Waals surface area contributed by atoms with Crippen LogP contribution in [0.2, 0.25) is 0 Å². The zero-order valence-electron chi connectivity index (χ0n) is 15.5. The second kappa shape index (κ2) is 9.70. The predicted octanol–water partition coefficient (Wildman–Crippen LogP) is 1.23. The molecular formula is C20H24N4O4. The van der Waals surface area contributed by atoms with Crippen LogP contribution < -0.4 is 16.0 Å². The van der Waals surface area contributed by atoms with E-state index in [1.807, 2.05) is 30.3 Å². The van der Waals surface area contributed by atoms with Crippen LogP contribution in [0.1, 0.15) is 23.4 Å². The van der Waals surface area contributed by atoms with Gasteiger partial charge < -0.3 is 20.4 Å². The summed E-state index contributed by atoms with van der Waals surface area (Å²) < 4.78 is 4.98. The number of furan rings is 1. The lowest BCUT2D eigenvalue weighted by atomic mass is 10.0. The second-order valence-electron chi connectivity index (χ2n) is 6.69. The highest BCUT2D eigenvalue weighted by Gasteiger charge is 2.22. The van der Waals surface area contributed by atoms with Crippen LogP contribution in [-0.4, -0.2) is 54.8 Å². The maximum absolute atomic E-state index is 12.1. The quantitative estimate of drug-likeness (QED) is 0.666. The van der Waals surface area contributed by atoms with Gasteiger partial charge in [0.25, 0.3) is 5.91 Å². The second-order valence-corrected chi connectivity index (χ2v) is 6.69. The summed E-state index contributed by atoms with van der Waals surface area (Å²) in [5.74, 6) is -0.524. The summed E-state index contributed by atoms with van der Waals surface area (Å²) in [5.41, 5.74) is 0.784. The molecule has 1 aromatic heterocycles. The number of likely N-dealkylation sites (tertiary alicyclic amines) is 1. The maximum Gasteiger partial charge on any atom is 0.287 e. The minimum Gasteiger partial charge on any atom is -0.459 e. The number of anilines is 1. The smallest absolute Gasteiger partial charge is 0.287 e. The first-order valence-corrected chi connectivity index (χ1v) is 9.28. The van der Waals surface area contributed by atoms with E-state index in [0.717, 1.165) is 31.6 Å². The van der Waals surface area contributed by atoms with Crippen molar-refractivity contribution in [1.29, 1.82) is 0 Å². The van der Waals surface area contributed by atoms with E-state index in [9.17, 15) is 14.4 Å². The summed E-state index contributed by atoms with van der Waals surface area (Å²) in [4.78, 5) is 37.9. The predicted molar refractivity (Wildman–Crippen MR) is 104 cm³/mol.